The van der Waals surface area contributed by atoms with Crippen LogP contribution < -0.4 is 0 Å². The number of hydrogen-bond acceptors (Lipinski definition) is 2. The molecule has 0 bridgehead atoms. The van der Waals surface area contributed by atoms with Gasteiger partial charge in [-0.05, 0) is 25.8 Å². The van der Waals surface area contributed by atoms with Crippen molar-refractivity contribution in [2.45, 2.75) is 27.7 Å². The Balaban J connectivity index is 4.44. The number of allylic oxidation sites excluding steroid dienone is 2. The van der Waals surface area contributed by atoms with Crippen LogP contribution in [0.3, 0.4) is 0 Å². The number of hydrogen-bond donors (Lipinski definition) is 0. The number of rotatable bonds is 4. The van der Waals surface area contributed by atoms with Gasteiger partial charge in [0.1, 0.15) is 11.8 Å². The molecule has 2 nitrogen and oxygen atoms in total. The Morgan fingerprint density at radius 2 is 1.92 bits per heavy atom. The molecule has 0 amide bonds. The van der Waals surface area contributed by atoms with E-state index < -0.39 is 0 Å². The minimum absolute atomic E-state index is 0.445. The highest BCUT2D eigenvalue weighted by Crippen LogP contribution is 2.06. The van der Waals surface area contributed by atoms with Gasteiger partial charge in [-0.25, -0.2) is 0 Å². The Labute approximate surface area is 75.5 Å². The van der Waals surface area contributed by atoms with E-state index in [4.69, 9.17) is 5.26 Å². The summed E-state index contributed by atoms with van der Waals surface area (Å²) in [5.74, 6) is 0.445. The summed E-state index contributed by atoms with van der Waals surface area (Å²) in [5.41, 5.74) is 0.801. The molecule has 0 rings (SSSR count). The molecule has 0 atom stereocenters. The summed E-state index contributed by atoms with van der Waals surface area (Å²) in [7, 11) is 0. The molecule has 0 radical (unpaired) electrons. The van der Waals surface area contributed by atoms with Crippen molar-refractivity contribution >= 4 is 0 Å². The van der Waals surface area contributed by atoms with Crippen LogP contribution >= 0.6 is 0 Å². The highest BCUT2D eigenvalue weighted by molar-refractivity contribution is 5.19. The Morgan fingerprint density at radius 1 is 1.42 bits per heavy atom. The topological polar surface area (TPSA) is 27.0 Å². The Bertz CT molecular complexity index is 183. The lowest BCUT2D eigenvalue weighted by Crippen LogP contribution is -2.21. The zero-order chi connectivity index (χ0) is 9.56. The van der Waals surface area contributed by atoms with Crippen molar-refractivity contribution < 1.29 is 0 Å². The van der Waals surface area contributed by atoms with E-state index in [9.17, 15) is 0 Å². The van der Waals surface area contributed by atoms with Crippen molar-refractivity contribution in [1.29, 1.82) is 5.26 Å². The molecule has 0 heterocycles. The van der Waals surface area contributed by atoms with Crippen molar-refractivity contribution in [2.75, 3.05) is 13.1 Å². The summed E-state index contributed by atoms with van der Waals surface area (Å²) in [6.07, 6.45) is 2.01. The predicted molar refractivity (Wildman–Crippen MR) is 51.5 cm³/mol. The first kappa shape index (κ1) is 11.0. The molecule has 0 spiro atoms. The van der Waals surface area contributed by atoms with Gasteiger partial charge >= 0.3 is 0 Å². The van der Waals surface area contributed by atoms with E-state index >= 15 is 0 Å². The fraction of sp³-hybridized carbons (Fsp3) is 0.700. The monoisotopic (exact) mass is 166 g/mol. The third kappa shape index (κ3) is 3.43. The summed E-state index contributed by atoms with van der Waals surface area (Å²) in [6, 6.07) is 2.22. The van der Waals surface area contributed by atoms with Crippen molar-refractivity contribution in [3.05, 3.63) is 11.8 Å². The van der Waals surface area contributed by atoms with Gasteiger partial charge in [-0.15, -0.1) is 0 Å². The fourth-order valence-corrected chi connectivity index (χ4v) is 1.09. The van der Waals surface area contributed by atoms with Gasteiger partial charge in [-0.3, -0.25) is 0 Å². The summed E-state index contributed by atoms with van der Waals surface area (Å²) in [5, 5.41) is 8.85. The summed E-state index contributed by atoms with van der Waals surface area (Å²) in [4.78, 5) is 2.07. The molecule has 68 valence electrons. The lowest BCUT2D eigenvalue weighted by molar-refractivity contribution is 0.393. The highest BCUT2D eigenvalue weighted by atomic mass is 15.1. The molecular formula is C10H18N2. The van der Waals surface area contributed by atoms with Crippen molar-refractivity contribution in [3.8, 4) is 6.07 Å². The first-order valence-corrected chi connectivity index (χ1v) is 4.52. The summed E-state index contributed by atoms with van der Waals surface area (Å²) < 4.78 is 0. The van der Waals surface area contributed by atoms with Gasteiger partial charge in [0.2, 0.25) is 0 Å². The van der Waals surface area contributed by atoms with Gasteiger partial charge in [0.15, 0.2) is 0 Å². The molecule has 0 unspecified atom stereocenters. The van der Waals surface area contributed by atoms with Crippen LogP contribution in [-0.4, -0.2) is 18.0 Å². The van der Waals surface area contributed by atoms with Gasteiger partial charge in [0.05, 0.1) is 0 Å². The van der Waals surface area contributed by atoms with Gasteiger partial charge in [0.25, 0.3) is 0 Å². The second-order valence-corrected chi connectivity index (χ2v) is 3.08. The van der Waals surface area contributed by atoms with Crippen molar-refractivity contribution in [1.82, 2.24) is 4.90 Å². The standard InChI is InChI=1S/C10H18N2/c1-5-12(6-2)10(8-11)7-9(3)4/h7,9H,5-6H2,1-4H3/b10-7-. The molecule has 0 saturated heterocycles. The van der Waals surface area contributed by atoms with E-state index in [1.165, 1.54) is 0 Å². The molecule has 0 aromatic heterocycles. The van der Waals surface area contributed by atoms with Gasteiger partial charge in [-0.2, -0.15) is 5.26 Å². The van der Waals surface area contributed by atoms with Crippen LogP contribution in [0.25, 0.3) is 0 Å². The van der Waals surface area contributed by atoms with E-state index in [1.54, 1.807) is 0 Å². The van der Waals surface area contributed by atoms with Crippen molar-refractivity contribution in [3.63, 3.8) is 0 Å². The first-order chi connectivity index (χ1) is 5.65. The van der Waals surface area contributed by atoms with Crippen LogP contribution in [0.1, 0.15) is 27.7 Å². The van der Waals surface area contributed by atoms with E-state index in [2.05, 4.69) is 38.7 Å². The largest absolute Gasteiger partial charge is 0.364 e. The van der Waals surface area contributed by atoms with E-state index in [0.29, 0.717) is 5.92 Å². The Morgan fingerprint density at radius 3 is 2.17 bits per heavy atom. The van der Waals surface area contributed by atoms with E-state index in [1.807, 2.05) is 6.08 Å². The maximum Gasteiger partial charge on any atom is 0.117 e. The lowest BCUT2D eigenvalue weighted by atomic mass is 10.2. The van der Waals surface area contributed by atoms with E-state index in [-0.39, 0.29) is 0 Å². The van der Waals surface area contributed by atoms with Gasteiger partial charge in [-0.1, -0.05) is 13.8 Å². The average Bonchev–Trinajstić information content (AvgIpc) is 2.04. The van der Waals surface area contributed by atoms with Crippen LogP contribution in [-0.2, 0) is 0 Å². The van der Waals surface area contributed by atoms with Crippen LogP contribution in [0.2, 0.25) is 0 Å². The quantitative estimate of drug-likeness (QED) is 0.600. The molecule has 0 aromatic carbocycles. The molecule has 0 fully saturated rings. The molecule has 0 aliphatic carbocycles. The molecule has 0 N–H and O–H groups in total. The molecule has 0 aromatic rings. The maximum atomic E-state index is 8.85. The molecular weight excluding hydrogens is 148 g/mol. The Kier molecular flexibility index (Phi) is 5.19. The third-order valence-corrected chi connectivity index (χ3v) is 1.71. The van der Waals surface area contributed by atoms with Gasteiger partial charge in [0, 0.05) is 13.1 Å². The molecule has 12 heavy (non-hydrogen) atoms. The maximum absolute atomic E-state index is 8.85. The van der Waals surface area contributed by atoms with Crippen molar-refractivity contribution in [2.24, 2.45) is 5.92 Å². The minimum Gasteiger partial charge on any atom is -0.364 e. The number of nitriles is 1. The average molecular weight is 166 g/mol. The predicted octanol–water partition coefficient (Wildman–Crippen LogP) is 2.39. The molecule has 0 saturated carbocycles. The smallest absolute Gasteiger partial charge is 0.117 e. The zero-order valence-corrected chi connectivity index (χ0v) is 8.46. The van der Waals surface area contributed by atoms with Crippen LogP contribution in [0.5, 0.6) is 0 Å². The van der Waals surface area contributed by atoms with Crippen LogP contribution in [0.15, 0.2) is 11.8 Å². The number of nitrogens with zero attached hydrogens (tertiary/aromatic N) is 2. The lowest BCUT2D eigenvalue weighted by Gasteiger charge is -2.19. The SMILES string of the molecule is CCN(CC)/C(C#N)=C\C(C)C. The van der Waals surface area contributed by atoms with E-state index in [0.717, 1.165) is 18.8 Å². The summed E-state index contributed by atoms with van der Waals surface area (Å²) >= 11 is 0. The van der Waals surface area contributed by atoms with Crippen LogP contribution in [0.4, 0.5) is 0 Å². The van der Waals surface area contributed by atoms with Crippen LogP contribution in [0, 0.1) is 17.2 Å². The van der Waals surface area contributed by atoms with Gasteiger partial charge < -0.3 is 4.90 Å². The normalized spacial score (nSPS) is 11.5. The second kappa shape index (κ2) is 5.65. The Hall–Kier alpha value is -0.970. The second-order valence-electron chi connectivity index (χ2n) is 3.08. The first-order valence-electron chi connectivity index (χ1n) is 4.52. The zero-order valence-electron chi connectivity index (χ0n) is 8.46. The highest BCUT2D eigenvalue weighted by Gasteiger charge is 2.04. The molecule has 2 heteroatoms. The third-order valence-electron chi connectivity index (χ3n) is 1.71. The molecule has 0 aliphatic rings. The minimum atomic E-state index is 0.445. The fourth-order valence-electron chi connectivity index (χ4n) is 1.09. The summed E-state index contributed by atoms with van der Waals surface area (Å²) in [6.45, 7) is 10.1. The molecule has 0 aliphatic heterocycles.